The highest BCUT2D eigenvalue weighted by Gasteiger charge is 2.21. The quantitative estimate of drug-likeness (QED) is 0.895. The molecule has 4 heteroatoms. The number of furan rings is 1. The third kappa shape index (κ3) is 2.70. The van der Waals surface area contributed by atoms with Crippen molar-refractivity contribution in [1.29, 1.82) is 0 Å². The molecule has 0 unspecified atom stereocenters. The molecule has 0 amide bonds. The summed E-state index contributed by atoms with van der Waals surface area (Å²) in [4.78, 5) is 0. The first-order valence-corrected chi connectivity index (χ1v) is 7.01. The fourth-order valence-electron chi connectivity index (χ4n) is 2.76. The maximum atomic E-state index is 14.1. The van der Waals surface area contributed by atoms with Crippen LogP contribution in [0.5, 0.6) is 0 Å². The maximum absolute atomic E-state index is 14.1. The summed E-state index contributed by atoms with van der Waals surface area (Å²) < 4.78 is 19.4. The van der Waals surface area contributed by atoms with Crippen molar-refractivity contribution in [3.05, 3.63) is 42.4 Å². The van der Waals surface area contributed by atoms with Crippen LogP contribution < -0.4 is 5.32 Å². The lowest BCUT2D eigenvalue weighted by Crippen LogP contribution is -2.28. The fourth-order valence-corrected chi connectivity index (χ4v) is 2.76. The fraction of sp³-hybridized carbons (Fsp3) is 0.375. The molecule has 2 aromatic rings. The van der Waals surface area contributed by atoms with Crippen molar-refractivity contribution in [2.45, 2.75) is 37.8 Å². The van der Waals surface area contributed by atoms with Crippen molar-refractivity contribution < 1.29 is 13.9 Å². The van der Waals surface area contributed by atoms with Crippen LogP contribution in [0.2, 0.25) is 0 Å². The lowest BCUT2D eigenvalue weighted by atomic mass is 9.92. The van der Waals surface area contributed by atoms with E-state index in [0.717, 1.165) is 31.4 Å². The molecule has 106 valence electrons. The normalized spacial score (nSPS) is 22.7. The molecule has 1 saturated carbocycles. The van der Waals surface area contributed by atoms with Crippen LogP contribution in [-0.2, 0) is 0 Å². The molecule has 0 saturated heterocycles. The molecule has 1 fully saturated rings. The van der Waals surface area contributed by atoms with E-state index in [1.807, 2.05) is 6.07 Å². The summed E-state index contributed by atoms with van der Waals surface area (Å²) in [6.45, 7) is 0. The molecule has 1 aliphatic carbocycles. The summed E-state index contributed by atoms with van der Waals surface area (Å²) in [7, 11) is 0. The van der Waals surface area contributed by atoms with E-state index in [9.17, 15) is 9.50 Å². The lowest BCUT2D eigenvalue weighted by Gasteiger charge is -2.27. The standard InChI is InChI=1S/C16H18FNO2/c17-13-3-1-4-14(16(13)15-5-2-10-20-15)18-11-6-8-12(19)9-7-11/h1-5,10-12,18-19H,6-9H2. The molecule has 0 aliphatic heterocycles. The lowest BCUT2D eigenvalue weighted by molar-refractivity contribution is 0.126. The van der Waals surface area contributed by atoms with Gasteiger partial charge >= 0.3 is 0 Å². The van der Waals surface area contributed by atoms with E-state index >= 15 is 0 Å². The van der Waals surface area contributed by atoms with Gasteiger partial charge < -0.3 is 14.8 Å². The van der Waals surface area contributed by atoms with Crippen LogP contribution in [0.15, 0.2) is 41.0 Å². The number of hydrogen-bond acceptors (Lipinski definition) is 3. The molecular formula is C16H18FNO2. The van der Waals surface area contributed by atoms with Crippen molar-refractivity contribution in [2.75, 3.05) is 5.32 Å². The summed E-state index contributed by atoms with van der Waals surface area (Å²) in [6, 6.07) is 8.78. The topological polar surface area (TPSA) is 45.4 Å². The van der Waals surface area contributed by atoms with Gasteiger partial charge in [-0.3, -0.25) is 0 Å². The van der Waals surface area contributed by atoms with E-state index in [-0.39, 0.29) is 18.0 Å². The van der Waals surface area contributed by atoms with Gasteiger partial charge in [0.15, 0.2) is 0 Å². The third-order valence-electron chi connectivity index (χ3n) is 3.84. The Labute approximate surface area is 117 Å². The van der Waals surface area contributed by atoms with Crippen LogP contribution in [0.4, 0.5) is 10.1 Å². The summed E-state index contributed by atoms with van der Waals surface area (Å²) in [5, 5.41) is 12.9. The van der Waals surface area contributed by atoms with Crippen LogP contribution in [0, 0.1) is 5.82 Å². The van der Waals surface area contributed by atoms with Crippen LogP contribution >= 0.6 is 0 Å². The number of hydrogen-bond donors (Lipinski definition) is 2. The molecule has 1 heterocycles. The van der Waals surface area contributed by atoms with Crippen molar-refractivity contribution in [1.82, 2.24) is 0 Å². The Morgan fingerprint density at radius 3 is 2.60 bits per heavy atom. The predicted octanol–water partition coefficient (Wildman–Crippen LogP) is 3.80. The highest BCUT2D eigenvalue weighted by atomic mass is 19.1. The Balaban J connectivity index is 1.85. The van der Waals surface area contributed by atoms with Gasteiger partial charge in [0.25, 0.3) is 0 Å². The number of nitrogens with one attached hydrogen (secondary N) is 1. The summed E-state index contributed by atoms with van der Waals surface area (Å²) in [5.74, 6) is 0.238. The summed E-state index contributed by atoms with van der Waals surface area (Å²) in [6.07, 6.45) is 4.74. The number of anilines is 1. The Kier molecular flexibility index (Phi) is 3.74. The van der Waals surface area contributed by atoms with Crippen LogP contribution in [-0.4, -0.2) is 17.3 Å². The van der Waals surface area contributed by atoms with Gasteiger partial charge in [-0.1, -0.05) is 6.07 Å². The highest BCUT2D eigenvalue weighted by molar-refractivity contribution is 5.75. The minimum absolute atomic E-state index is 0.190. The molecule has 3 rings (SSSR count). The van der Waals surface area contributed by atoms with E-state index in [2.05, 4.69) is 5.32 Å². The molecule has 1 aromatic carbocycles. The zero-order valence-electron chi connectivity index (χ0n) is 11.2. The van der Waals surface area contributed by atoms with Crippen molar-refractivity contribution in [3.63, 3.8) is 0 Å². The minimum atomic E-state index is -0.291. The summed E-state index contributed by atoms with van der Waals surface area (Å²) in [5.41, 5.74) is 1.23. The van der Waals surface area contributed by atoms with Crippen molar-refractivity contribution in [3.8, 4) is 11.3 Å². The molecule has 0 radical (unpaired) electrons. The van der Waals surface area contributed by atoms with Crippen molar-refractivity contribution >= 4 is 5.69 Å². The zero-order valence-corrected chi connectivity index (χ0v) is 11.2. The van der Waals surface area contributed by atoms with Gasteiger partial charge in [0.2, 0.25) is 0 Å². The van der Waals surface area contributed by atoms with Crippen LogP contribution in [0.1, 0.15) is 25.7 Å². The molecule has 0 atom stereocenters. The average molecular weight is 275 g/mol. The van der Waals surface area contributed by atoms with E-state index in [0.29, 0.717) is 11.3 Å². The van der Waals surface area contributed by atoms with Gasteiger partial charge in [-0.25, -0.2) is 4.39 Å². The molecular weight excluding hydrogens is 257 g/mol. The molecule has 3 nitrogen and oxygen atoms in total. The van der Waals surface area contributed by atoms with Gasteiger partial charge in [0.1, 0.15) is 11.6 Å². The molecule has 2 N–H and O–H groups in total. The number of halogens is 1. The monoisotopic (exact) mass is 275 g/mol. The van der Waals surface area contributed by atoms with E-state index < -0.39 is 0 Å². The van der Waals surface area contributed by atoms with Crippen LogP contribution in [0.25, 0.3) is 11.3 Å². The average Bonchev–Trinajstić information content (AvgIpc) is 2.95. The minimum Gasteiger partial charge on any atom is -0.464 e. The molecule has 0 spiro atoms. The SMILES string of the molecule is OC1CCC(Nc2cccc(F)c2-c2ccco2)CC1. The largest absolute Gasteiger partial charge is 0.464 e. The van der Waals surface area contributed by atoms with Gasteiger partial charge in [-0.15, -0.1) is 0 Å². The first-order chi connectivity index (χ1) is 9.74. The number of aliphatic hydroxyl groups is 1. The third-order valence-corrected chi connectivity index (χ3v) is 3.84. The van der Waals surface area contributed by atoms with Gasteiger partial charge in [-0.2, -0.15) is 0 Å². The Morgan fingerprint density at radius 2 is 1.90 bits per heavy atom. The predicted molar refractivity (Wildman–Crippen MR) is 76.0 cm³/mol. The second-order valence-corrected chi connectivity index (χ2v) is 5.29. The van der Waals surface area contributed by atoms with E-state index in [1.165, 1.54) is 6.07 Å². The maximum Gasteiger partial charge on any atom is 0.138 e. The second-order valence-electron chi connectivity index (χ2n) is 5.29. The van der Waals surface area contributed by atoms with Crippen molar-refractivity contribution in [2.24, 2.45) is 0 Å². The van der Waals surface area contributed by atoms with Gasteiger partial charge in [0, 0.05) is 11.7 Å². The molecule has 0 bridgehead atoms. The Morgan fingerprint density at radius 1 is 1.10 bits per heavy atom. The molecule has 20 heavy (non-hydrogen) atoms. The molecule has 1 aromatic heterocycles. The number of rotatable bonds is 3. The van der Waals surface area contributed by atoms with Gasteiger partial charge in [0.05, 0.1) is 17.9 Å². The van der Waals surface area contributed by atoms with Crippen LogP contribution in [0.3, 0.4) is 0 Å². The Hall–Kier alpha value is -1.81. The molecule has 1 aliphatic rings. The Bertz CT molecular complexity index is 560. The first kappa shape index (κ1) is 13.2. The van der Waals surface area contributed by atoms with E-state index in [4.69, 9.17) is 4.42 Å². The highest BCUT2D eigenvalue weighted by Crippen LogP contribution is 2.33. The zero-order chi connectivity index (χ0) is 13.9. The smallest absolute Gasteiger partial charge is 0.138 e. The first-order valence-electron chi connectivity index (χ1n) is 7.01. The number of benzene rings is 1. The number of aliphatic hydroxyl groups excluding tert-OH is 1. The van der Waals surface area contributed by atoms with Gasteiger partial charge in [-0.05, 0) is 49.9 Å². The second kappa shape index (κ2) is 5.67. The van der Waals surface area contributed by atoms with E-state index in [1.54, 1.807) is 24.5 Å². The summed E-state index contributed by atoms with van der Waals surface area (Å²) >= 11 is 0.